The molecule has 0 saturated carbocycles. The fourth-order valence-corrected chi connectivity index (χ4v) is 0.746. The highest BCUT2D eigenvalue weighted by Crippen LogP contribution is 2.08. The second kappa shape index (κ2) is 5.42. The molecule has 60 valence electrons. The van der Waals surface area contributed by atoms with Gasteiger partial charge in [0.15, 0.2) is 0 Å². The summed E-state index contributed by atoms with van der Waals surface area (Å²) >= 11 is 0. The van der Waals surface area contributed by atoms with Gasteiger partial charge >= 0.3 is 0 Å². The fourth-order valence-electron chi connectivity index (χ4n) is 0.746. The molecule has 0 atom stereocenters. The van der Waals surface area contributed by atoms with Gasteiger partial charge in [-0.05, 0) is 13.1 Å². The van der Waals surface area contributed by atoms with Crippen LogP contribution in [0.25, 0.3) is 0 Å². The van der Waals surface area contributed by atoms with Crippen molar-refractivity contribution in [1.82, 2.24) is 4.90 Å². The number of hydrogen-bond acceptors (Lipinski definition) is 1. The van der Waals surface area contributed by atoms with Gasteiger partial charge < -0.3 is 4.90 Å². The van der Waals surface area contributed by atoms with Crippen LogP contribution in [0.1, 0.15) is 20.3 Å². The third-order valence-corrected chi connectivity index (χ3v) is 1.36. The Morgan fingerprint density at radius 1 is 1.50 bits per heavy atom. The summed E-state index contributed by atoms with van der Waals surface area (Å²) in [4.78, 5) is 2.09. The van der Waals surface area contributed by atoms with Gasteiger partial charge in [0.2, 0.25) is 0 Å². The number of nitrogens with zero attached hydrogens (tertiary/aromatic N) is 1. The van der Waals surface area contributed by atoms with Crippen molar-refractivity contribution >= 4 is 0 Å². The monoisotopic (exact) mass is 145 g/mol. The van der Waals surface area contributed by atoms with Crippen LogP contribution in [0.2, 0.25) is 0 Å². The molecule has 1 heterocycles. The van der Waals surface area contributed by atoms with Crippen molar-refractivity contribution in [2.75, 3.05) is 20.1 Å². The summed E-state index contributed by atoms with van der Waals surface area (Å²) < 4.78 is 12.2. The van der Waals surface area contributed by atoms with Crippen LogP contribution in [0, 0.1) is 0 Å². The predicted octanol–water partition coefficient (Wildman–Crippen LogP) is 2.20. The Balaban J connectivity index is 0.000000371. The molecule has 1 rings (SSSR count). The van der Waals surface area contributed by atoms with Gasteiger partial charge in [-0.3, -0.25) is 0 Å². The first-order valence-electron chi connectivity index (χ1n) is 3.82. The third kappa shape index (κ3) is 3.62. The van der Waals surface area contributed by atoms with Crippen molar-refractivity contribution < 1.29 is 4.39 Å². The summed E-state index contributed by atoms with van der Waals surface area (Å²) in [5.41, 5.74) is 0. The van der Waals surface area contributed by atoms with Crippen molar-refractivity contribution in [2.24, 2.45) is 0 Å². The molecule has 0 aliphatic carbocycles. The zero-order valence-corrected chi connectivity index (χ0v) is 7.02. The molecule has 1 aliphatic rings. The van der Waals surface area contributed by atoms with Gasteiger partial charge in [0.25, 0.3) is 0 Å². The first kappa shape index (κ1) is 9.63. The number of rotatable bonds is 0. The summed E-state index contributed by atoms with van der Waals surface area (Å²) in [6.07, 6.45) is 2.22. The maximum Gasteiger partial charge on any atom is 0.0985 e. The SMILES string of the molecule is CC.CN1CC=C(F)CC1. The average Bonchev–Trinajstić information content (AvgIpc) is 2.00. The maximum atomic E-state index is 12.2. The van der Waals surface area contributed by atoms with Crippen LogP contribution < -0.4 is 0 Å². The highest BCUT2D eigenvalue weighted by molar-refractivity contribution is 4.97. The molecule has 0 aromatic heterocycles. The average molecular weight is 145 g/mol. The van der Waals surface area contributed by atoms with Gasteiger partial charge in [0, 0.05) is 19.5 Å². The largest absolute Gasteiger partial charge is 0.302 e. The Kier molecular flexibility index (Phi) is 5.22. The number of halogens is 1. The van der Waals surface area contributed by atoms with Crippen molar-refractivity contribution in [3.05, 3.63) is 11.9 Å². The van der Waals surface area contributed by atoms with Crippen LogP contribution in [0.5, 0.6) is 0 Å². The maximum absolute atomic E-state index is 12.2. The van der Waals surface area contributed by atoms with Crippen LogP contribution in [0.15, 0.2) is 11.9 Å². The third-order valence-electron chi connectivity index (χ3n) is 1.36. The molecule has 0 amide bonds. The molecule has 1 aliphatic heterocycles. The van der Waals surface area contributed by atoms with E-state index >= 15 is 0 Å². The van der Waals surface area contributed by atoms with Crippen LogP contribution in [-0.4, -0.2) is 25.0 Å². The highest BCUT2D eigenvalue weighted by atomic mass is 19.1. The zero-order chi connectivity index (χ0) is 7.98. The van der Waals surface area contributed by atoms with Crippen molar-refractivity contribution in [3.63, 3.8) is 0 Å². The van der Waals surface area contributed by atoms with E-state index in [9.17, 15) is 4.39 Å². The van der Waals surface area contributed by atoms with Crippen molar-refractivity contribution in [1.29, 1.82) is 0 Å². The zero-order valence-electron chi connectivity index (χ0n) is 7.02. The molecular weight excluding hydrogens is 129 g/mol. The molecule has 0 fully saturated rings. The minimum atomic E-state index is 0.0445. The normalized spacial score (nSPS) is 19.0. The summed E-state index contributed by atoms with van der Waals surface area (Å²) in [6.45, 7) is 5.63. The van der Waals surface area contributed by atoms with E-state index in [0.717, 1.165) is 13.1 Å². The van der Waals surface area contributed by atoms with Gasteiger partial charge in [-0.2, -0.15) is 0 Å². The molecule has 1 nitrogen and oxygen atoms in total. The molecule has 2 heteroatoms. The van der Waals surface area contributed by atoms with Crippen LogP contribution in [0.4, 0.5) is 4.39 Å². The Morgan fingerprint density at radius 3 is 2.40 bits per heavy atom. The number of hydrogen-bond donors (Lipinski definition) is 0. The lowest BCUT2D eigenvalue weighted by Gasteiger charge is -2.17. The Labute approximate surface area is 62.5 Å². The van der Waals surface area contributed by atoms with E-state index in [0.29, 0.717) is 6.42 Å². The molecule has 0 bridgehead atoms. The topological polar surface area (TPSA) is 3.24 Å². The quantitative estimate of drug-likeness (QED) is 0.505. The van der Waals surface area contributed by atoms with E-state index in [1.54, 1.807) is 6.08 Å². The van der Waals surface area contributed by atoms with Crippen LogP contribution in [0.3, 0.4) is 0 Å². The summed E-state index contributed by atoms with van der Waals surface area (Å²) in [7, 11) is 1.99. The van der Waals surface area contributed by atoms with Gasteiger partial charge in [-0.15, -0.1) is 0 Å². The van der Waals surface area contributed by atoms with Crippen molar-refractivity contribution in [3.8, 4) is 0 Å². The Bertz CT molecular complexity index is 110. The van der Waals surface area contributed by atoms with Gasteiger partial charge in [-0.25, -0.2) is 4.39 Å². The van der Waals surface area contributed by atoms with E-state index in [1.807, 2.05) is 20.9 Å². The Morgan fingerprint density at radius 2 is 2.10 bits per heavy atom. The first-order valence-corrected chi connectivity index (χ1v) is 3.82. The lowest BCUT2D eigenvalue weighted by atomic mass is 10.2. The Hall–Kier alpha value is -0.370. The fraction of sp³-hybridized carbons (Fsp3) is 0.750. The first-order chi connectivity index (χ1) is 4.79. The van der Waals surface area contributed by atoms with E-state index in [1.165, 1.54) is 0 Å². The van der Waals surface area contributed by atoms with Crippen molar-refractivity contribution in [2.45, 2.75) is 20.3 Å². The van der Waals surface area contributed by atoms with E-state index in [2.05, 4.69) is 4.90 Å². The van der Waals surface area contributed by atoms with E-state index in [-0.39, 0.29) is 5.83 Å². The van der Waals surface area contributed by atoms with Crippen LogP contribution in [-0.2, 0) is 0 Å². The minimum absolute atomic E-state index is 0.0445. The molecule has 0 radical (unpaired) electrons. The lowest BCUT2D eigenvalue weighted by molar-refractivity contribution is 0.336. The smallest absolute Gasteiger partial charge is 0.0985 e. The van der Waals surface area contributed by atoms with Gasteiger partial charge in [0.1, 0.15) is 0 Å². The van der Waals surface area contributed by atoms with E-state index in [4.69, 9.17) is 0 Å². The molecule has 0 saturated heterocycles. The minimum Gasteiger partial charge on any atom is -0.302 e. The van der Waals surface area contributed by atoms with E-state index < -0.39 is 0 Å². The number of likely N-dealkylation sites (N-methyl/N-ethyl adjacent to an activating group) is 1. The second-order valence-corrected chi connectivity index (χ2v) is 2.16. The highest BCUT2D eigenvalue weighted by Gasteiger charge is 2.04. The molecule has 0 unspecified atom stereocenters. The molecular formula is C8H16FN. The molecule has 0 aromatic rings. The van der Waals surface area contributed by atoms with Gasteiger partial charge in [-0.1, -0.05) is 13.8 Å². The molecule has 0 spiro atoms. The lowest BCUT2D eigenvalue weighted by Crippen LogP contribution is -2.23. The predicted molar refractivity (Wildman–Crippen MR) is 42.7 cm³/mol. The molecule has 0 N–H and O–H groups in total. The summed E-state index contributed by atoms with van der Waals surface area (Å²) in [6, 6.07) is 0. The summed E-state index contributed by atoms with van der Waals surface area (Å²) in [5.74, 6) is 0.0445. The summed E-state index contributed by atoms with van der Waals surface area (Å²) in [5, 5.41) is 0. The van der Waals surface area contributed by atoms with Gasteiger partial charge in [0.05, 0.1) is 5.83 Å². The molecule has 10 heavy (non-hydrogen) atoms. The second-order valence-electron chi connectivity index (χ2n) is 2.16. The molecule has 0 aromatic carbocycles. The standard InChI is InChI=1S/C6H10FN.C2H6/c1-8-4-2-6(7)3-5-8;1-2/h2H,3-5H2,1H3;1-2H3. The van der Waals surface area contributed by atoms with Crippen LogP contribution >= 0.6 is 0 Å².